The molecule has 4 atom stereocenters. The van der Waals surface area contributed by atoms with Gasteiger partial charge in [-0.3, -0.25) is 9.59 Å². The molecule has 0 aromatic carbocycles. The summed E-state index contributed by atoms with van der Waals surface area (Å²) in [6, 6.07) is 0. The van der Waals surface area contributed by atoms with Crippen LogP contribution in [-0.4, -0.2) is 31.9 Å². The quantitative estimate of drug-likeness (QED) is 0.382. The molecule has 0 aromatic rings. The van der Waals surface area contributed by atoms with Crippen LogP contribution in [0.3, 0.4) is 0 Å². The van der Waals surface area contributed by atoms with E-state index in [1.54, 1.807) is 0 Å². The largest absolute Gasteiger partial charge is 0.393 e. The molecule has 14 heavy (non-hydrogen) atoms. The van der Waals surface area contributed by atoms with Crippen LogP contribution in [0, 0.1) is 23.7 Å². The van der Waals surface area contributed by atoms with E-state index in [4.69, 9.17) is 0 Å². The second-order valence-electron chi connectivity index (χ2n) is 4.20. The molecular weight excluding hydrogens is 208 g/mol. The molecular formula is C8H8O5S. The highest BCUT2D eigenvalue weighted by molar-refractivity contribution is 7.91. The van der Waals surface area contributed by atoms with Crippen LogP contribution in [0.5, 0.6) is 0 Å². The molecule has 1 aliphatic carbocycles. The van der Waals surface area contributed by atoms with Gasteiger partial charge in [0.05, 0.1) is 23.3 Å². The van der Waals surface area contributed by atoms with Crippen LogP contribution in [-0.2, 0) is 24.2 Å². The van der Waals surface area contributed by atoms with Crippen molar-refractivity contribution in [2.45, 2.75) is 0 Å². The van der Waals surface area contributed by atoms with E-state index >= 15 is 0 Å². The normalized spacial score (nSPS) is 48.0. The first-order valence-corrected chi connectivity index (χ1v) is 6.28. The van der Waals surface area contributed by atoms with Crippen molar-refractivity contribution in [1.29, 1.82) is 0 Å². The minimum Gasteiger partial charge on any atom is -0.393 e. The summed E-state index contributed by atoms with van der Waals surface area (Å²) in [7, 11) is -3.03. The Morgan fingerprint density at radius 2 is 1.43 bits per heavy atom. The van der Waals surface area contributed by atoms with Gasteiger partial charge in [-0.15, -0.1) is 0 Å². The summed E-state index contributed by atoms with van der Waals surface area (Å²) in [5, 5.41) is 0. The van der Waals surface area contributed by atoms with Crippen LogP contribution >= 0.6 is 0 Å². The number of carbonyl (C=O) groups excluding carboxylic acids is 2. The summed E-state index contributed by atoms with van der Waals surface area (Å²) in [5.74, 6) is -2.23. The van der Waals surface area contributed by atoms with E-state index in [2.05, 4.69) is 4.74 Å². The summed E-state index contributed by atoms with van der Waals surface area (Å²) in [6.07, 6.45) is 0. The Kier molecular flexibility index (Phi) is 1.31. The highest BCUT2D eigenvalue weighted by Gasteiger charge is 2.67. The number of carbonyl (C=O) groups is 2. The minimum atomic E-state index is -3.03. The molecule has 2 saturated heterocycles. The number of ether oxygens (including phenoxy) is 1. The van der Waals surface area contributed by atoms with Gasteiger partial charge in [-0.05, 0) is 11.8 Å². The van der Waals surface area contributed by atoms with Crippen molar-refractivity contribution in [2.24, 2.45) is 23.7 Å². The molecule has 0 aromatic heterocycles. The Hall–Kier alpha value is -0.910. The molecule has 0 bridgehead atoms. The minimum absolute atomic E-state index is 0.0429. The molecule has 0 amide bonds. The predicted molar refractivity (Wildman–Crippen MR) is 43.7 cm³/mol. The monoisotopic (exact) mass is 216 g/mol. The van der Waals surface area contributed by atoms with Crippen LogP contribution in [0.25, 0.3) is 0 Å². The number of fused-ring (bicyclic) bond motifs is 4. The third-order valence-corrected chi connectivity index (χ3v) is 5.28. The molecule has 0 radical (unpaired) electrons. The first kappa shape index (κ1) is 8.40. The van der Waals surface area contributed by atoms with E-state index in [0.29, 0.717) is 0 Å². The molecule has 3 rings (SSSR count). The van der Waals surface area contributed by atoms with E-state index in [1.807, 2.05) is 0 Å². The van der Waals surface area contributed by atoms with Crippen molar-refractivity contribution in [1.82, 2.24) is 0 Å². The maximum atomic E-state index is 11.3. The number of hydrogen-bond donors (Lipinski definition) is 0. The van der Waals surface area contributed by atoms with Gasteiger partial charge >= 0.3 is 11.9 Å². The first-order chi connectivity index (χ1) is 6.49. The summed E-state index contributed by atoms with van der Waals surface area (Å²) >= 11 is 0. The fourth-order valence-corrected chi connectivity index (χ4v) is 5.12. The summed E-state index contributed by atoms with van der Waals surface area (Å²) in [6.45, 7) is 0. The maximum Gasteiger partial charge on any atom is 0.317 e. The van der Waals surface area contributed by atoms with Crippen molar-refractivity contribution in [3.63, 3.8) is 0 Å². The number of cyclic esters (lactones) is 2. The van der Waals surface area contributed by atoms with Gasteiger partial charge in [0.25, 0.3) is 0 Å². The molecule has 0 N–H and O–H groups in total. The van der Waals surface area contributed by atoms with Crippen LogP contribution in [0.2, 0.25) is 0 Å². The van der Waals surface area contributed by atoms with Gasteiger partial charge in [-0.2, -0.15) is 0 Å². The lowest BCUT2D eigenvalue weighted by atomic mass is 9.59. The maximum absolute atomic E-state index is 11.3. The van der Waals surface area contributed by atoms with E-state index in [0.717, 1.165) is 0 Å². The molecule has 1 saturated carbocycles. The van der Waals surface area contributed by atoms with Crippen molar-refractivity contribution >= 4 is 21.8 Å². The Balaban J connectivity index is 1.98. The number of esters is 2. The molecule has 3 fully saturated rings. The van der Waals surface area contributed by atoms with Crippen LogP contribution in [0.4, 0.5) is 0 Å². The van der Waals surface area contributed by atoms with Gasteiger partial charge in [0.2, 0.25) is 0 Å². The van der Waals surface area contributed by atoms with Crippen molar-refractivity contribution in [3.8, 4) is 0 Å². The Morgan fingerprint density at radius 1 is 1.00 bits per heavy atom. The SMILES string of the molecule is O=C1OC(=O)[C@H]2C1[C@H]1CS(=O)(=O)C[C@@H]12. The number of hydrogen-bond acceptors (Lipinski definition) is 5. The van der Waals surface area contributed by atoms with Gasteiger partial charge < -0.3 is 4.74 Å². The number of sulfone groups is 1. The number of rotatable bonds is 0. The van der Waals surface area contributed by atoms with Gasteiger partial charge in [-0.1, -0.05) is 0 Å². The summed E-state index contributed by atoms with van der Waals surface area (Å²) < 4.78 is 27.0. The van der Waals surface area contributed by atoms with Crippen LogP contribution in [0.1, 0.15) is 0 Å². The van der Waals surface area contributed by atoms with Gasteiger partial charge in [0, 0.05) is 0 Å². The standard InChI is InChI=1S/C8H8O5S/c9-7-5-3-1-14(11,12)2-4(3)6(5)8(10)13-7/h3-6H,1-2H2/t3-,4-,5+,6?/m0/s1. The Labute approximate surface area is 80.3 Å². The molecule has 5 nitrogen and oxygen atoms in total. The fourth-order valence-electron chi connectivity index (χ4n) is 2.91. The van der Waals surface area contributed by atoms with Crippen molar-refractivity contribution in [2.75, 3.05) is 11.5 Å². The molecule has 6 heteroatoms. The Morgan fingerprint density at radius 3 is 1.86 bits per heavy atom. The second kappa shape index (κ2) is 2.18. The van der Waals surface area contributed by atoms with Gasteiger partial charge in [0.15, 0.2) is 9.84 Å². The fraction of sp³-hybridized carbons (Fsp3) is 0.750. The molecule has 1 unspecified atom stereocenters. The van der Waals surface area contributed by atoms with E-state index < -0.39 is 33.6 Å². The smallest absolute Gasteiger partial charge is 0.317 e. The van der Waals surface area contributed by atoms with Crippen LogP contribution in [0.15, 0.2) is 0 Å². The van der Waals surface area contributed by atoms with E-state index in [9.17, 15) is 18.0 Å². The van der Waals surface area contributed by atoms with Gasteiger partial charge in [-0.25, -0.2) is 8.42 Å². The molecule has 3 aliphatic rings. The molecule has 76 valence electrons. The zero-order chi connectivity index (χ0) is 10.1. The molecule has 2 aliphatic heterocycles. The average molecular weight is 216 g/mol. The van der Waals surface area contributed by atoms with Crippen molar-refractivity contribution in [3.05, 3.63) is 0 Å². The van der Waals surface area contributed by atoms with E-state index in [-0.39, 0.29) is 23.3 Å². The van der Waals surface area contributed by atoms with Crippen molar-refractivity contribution < 1.29 is 22.7 Å². The lowest BCUT2D eigenvalue weighted by Gasteiger charge is -2.38. The topological polar surface area (TPSA) is 77.5 Å². The summed E-state index contributed by atoms with van der Waals surface area (Å²) in [4.78, 5) is 22.3. The third kappa shape index (κ3) is 0.821. The zero-order valence-electron chi connectivity index (χ0n) is 7.17. The highest BCUT2D eigenvalue weighted by atomic mass is 32.2. The lowest BCUT2D eigenvalue weighted by Crippen LogP contribution is -2.47. The Bertz CT molecular complexity index is 403. The first-order valence-electron chi connectivity index (χ1n) is 4.45. The summed E-state index contributed by atoms with van der Waals surface area (Å²) in [5.41, 5.74) is 0. The van der Waals surface area contributed by atoms with E-state index in [1.165, 1.54) is 0 Å². The lowest BCUT2D eigenvalue weighted by molar-refractivity contribution is -0.153. The van der Waals surface area contributed by atoms with Crippen LogP contribution < -0.4 is 0 Å². The molecule has 2 heterocycles. The third-order valence-electron chi connectivity index (χ3n) is 3.50. The second-order valence-corrected chi connectivity index (χ2v) is 6.35. The average Bonchev–Trinajstić information content (AvgIpc) is 2.42. The highest BCUT2D eigenvalue weighted by Crippen LogP contribution is 2.55. The molecule has 0 spiro atoms. The van der Waals surface area contributed by atoms with Gasteiger partial charge in [0.1, 0.15) is 0 Å². The predicted octanol–water partition coefficient (Wildman–Crippen LogP) is -1.02. The zero-order valence-corrected chi connectivity index (χ0v) is 7.99.